The molecule has 0 aromatic heterocycles. The van der Waals surface area contributed by atoms with Crippen molar-refractivity contribution in [1.29, 1.82) is 0 Å². The van der Waals surface area contributed by atoms with Crippen LogP contribution < -0.4 is 15.5 Å². The predicted octanol–water partition coefficient (Wildman–Crippen LogP) is 1.20. The van der Waals surface area contributed by atoms with Crippen LogP contribution in [0.25, 0.3) is 0 Å². The van der Waals surface area contributed by atoms with E-state index >= 15 is 0 Å². The Balaban J connectivity index is 1.60. The van der Waals surface area contributed by atoms with E-state index in [0.717, 1.165) is 5.69 Å². The molecule has 1 heterocycles. The maximum absolute atomic E-state index is 12.2. The van der Waals surface area contributed by atoms with Crippen molar-refractivity contribution in [2.45, 2.75) is 25.3 Å². The fourth-order valence-corrected chi connectivity index (χ4v) is 3.12. The summed E-state index contributed by atoms with van der Waals surface area (Å²) in [5.41, 5.74) is 1.26. The van der Waals surface area contributed by atoms with Gasteiger partial charge >= 0.3 is 12.0 Å². The molecule has 0 unspecified atom stereocenters. The van der Waals surface area contributed by atoms with E-state index in [-0.39, 0.29) is 23.9 Å². The Labute approximate surface area is 133 Å². The molecule has 7 nitrogen and oxygen atoms in total. The van der Waals surface area contributed by atoms with Crippen LogP contribution in [-0.2, 0) is 4.79 Å². The molecular formula is C16H19N3O4. The molecule has 0 radical (unpaired) electrons. The first kappa shape index (κ1) is 15.3. The van der Waals surface area contributed by atoms with Crippen molar-refractivity contribution < 1.29 is 19.5 Å². The summed E-state index contributed by atoms with van der Waals surface area (Å²) in [6.45, 7) is 1.23. The Morgan fingerprint density at radius 3 is 2.52 bits per heavy atom. The molecule has 2 aliphatic rings. The van der Waals surface area contributed by atoms with E-state index in [4.69, 9.17) is 5.11 Å². The Bertz CT molecular complexity index is 629. The van der Waals surface area contributed by atoms with Crippen molar-refractivity contribution >= 4 is 23.6 Å². The third-order valence-electron chi connectivity index (χ3n) is 4.42. The highest BCUT2D eigenvalue weighted by Gasteiger charge is 2.30. The zero-order chi connectivity index (χ0) is 16.4. The molecule has 3 N–H and O–H groups in total. The van der Waals surface area contributed by atoms with Gasteiger partial charge in [0.05, 0.1) is 5.92 Å². The number of carbonyl (C=O) groups excluding carboxylic acids is 2. The summed E-state index contributed by atoms with van der Waals surface area (Å²) in [5.74, 6) is -1.37. The molecule has 122 valence electrons. The average Bonchev–Trinajstić information content (AvgIpc) is 3.16. The summed E-state index contributed by atoms with van der Waals surface area (Å²) in [6.07, 6.45) is 1.77. The number of anilines is 1. The number of carbonyl (C=O) groups is 3. The highest BCUT2D eigenvalue weighted by atomic mass is 16.4. The van der Waals surface area contributed by atoms with Gasteiger partial charge in [0.25, 0.3) is 5.91 Å². The largest absolute Gasteiger partial charge is 0.481 e. The van der Waals surface area contributed by atoms with E-state index in [2.05, 4.69) is 10.6 Å². The number of hydrogen-bond donors (Lipinski definition) is 3. The molecule has 1 aromatic rings. The molecule has 2 fully saturated rings. The monoisotopic (exact) mass is 317 g/mol. The summed E-state index contributed by atoms with van der Waals surface area (Å²) in [6, 6.07) is 6.63. The van der Waals surface area contributed by atoms with Crippen molar-refractivity contribution in [3.05, 3.63) is 29.8 Å². The van der Waals surface area contributed by atoms with Crippen molar-refractivity contribution in [2.24, 2.45) is 5.92 Å². The van der Waals surface area contributed by atoms with Crippen LogP contribution in [0.15, 0.2) is 24.3 Å². The van der Waals surface area contributed by atoms with E-state index in [1.807, 2.05) is 0 Å². The highest BCUT2D eigenvalue weighted by Crippen LogP contribution is 2.26. The number of benzene rings is 1. The Morgan fingerprint density at radius 1 is 1.22 bits per heavy atom. The molecule has 1 aromatic carbocycles. The molecule has 0 bridgehead atoms. The molecule has 7 heteroatoms. The summed E-state index contributed by atoms with van der Waals surface area (Å²) >= 11 is 0. The second-order valence-corrected chi connectivity index (χ2v) is 5.95. The van der Waals surface area contributed by atoms with Crippen LogP contribution in [0.2, 0.25) is 0 Å². The molecule has 2 atom stereocenters. The smallest absolute Gasteiger partial charge is 0.321 e. The minimum absolute atomic E-state index is 0.0902. The van der Waals surface area contributed by atoms with Gasteiger partial charge in [-0.05, 0) is 43.5 Å². The van der Waals surface area contributed by atoms with Crippen LogP contribution in [0, 0.1) is 5.92 Å². The summed E-state index contributed by atoms with van der Waals surface area (Å²) in [5, 5.41) is 14.6. The van der Waals surface area contributed by atoms with Crippen molar-refractivity contribution in [3.8, 4) is 0 Å². The number of nitrogens with zero attached hydrogens (tertiary/aromatic N) is 1. The van der Waals surface area contributed by atoms with Crippen molar-refractivity contribution in [1.82, 2.24) is 10.6 Å². The lowest BCUT2D eigenvalue weighted by Crippen LogP contribution is -2.33. The fraction of sp³-hybridized carbons (Fsp3) is 0.438. The topological polar surface area (TPSA) is 98.7 Å². The molecule has 1 saturated carbocycles. The van der Waals surface area contributed by atoms with Gasteiger partial charge in [0, 0.05) is 30.4 Å². The standard InChI is InChI=1S/C16H19N3O4/c20-14(18-12-4-1-11(9-12)15(21)22)10-2-5-13(6-3-10)19-8-7-17-16(19)23/h2-3,5-6,11-12H,1,4,7-9H2,(H,17,23)(H,18,20)(H,21,22)/t11-,12+/m1/s1. The fourth-order valence-electron chi connectivity index (χ4n) is 3.12. The zero-order valence-electron chi connectivity index (χ0n) is 12.6. The number of carboxylic acid groups (broad SMARTS) is 1. The molecule has 23 heavy (non-hydrogen) atoms. The van der Waals surface area contributed by atoms with Crippen LogP contribution >= 0.6 is 0 Å². The number of aliphatic carboxylic acids is 1. The lowest BCUT2D eigenvalue weighted by atomic mass is 10.1. The first-order chi connectivity index (χ1) is 11.0. The van der Waals surface area contributed by atoms with Crippen molar-refractivity contribution in [3.63, 3.8) is 0 Å². The van der Waals surface area contributed by atoms with Gasteiger partial charge in [0.2, 0.25) is 0 Å². The third kappa shape index (κ3) is 3.28. The Kier molecular flexibility index (Phi) is 4.18. The van der Waals surface area contributed by atoms with Gasteiger partial charge in [-0.2, -0.15) is 0 Å². The van der Waals surface area contributed by atoms with Crippen LogP contribution in [0.3, 0.4) is 0 Å². The van der Waals surface area contributed by atoms with E-state index in [1.54, 1.807) is 29.2 Å². The molecule has 3 amide bonds. The number of amides is 3. The van der Waals surface area contributed by atoms with Crippen LogP contribution in [0.5, 0.6) is 0 Å². The predicted molar refractivity (Wildman–Crippen MR) is 83.4 cm³/mol. The van der Waals surface area contributed by atoms with Gasteiger partial charge in [-0.25, -0.2) is 4.79 Å². The first-order valence-corrected chi connectivity index (χ1v) is 7.73. The van der Waals surface area contributed by atoms with Crippen LogP contribution in [0.4, 0.5) is 10.5 Å². The second kappa shape index (κ2) is 6.28. The normalized spacial score (nSPS) is 23.7. The molecule has 3 rings (SSSR count). The van der Waals surface area contributed by atoms with Gasteiger partial charge in [-0.15, -0.1) is 0 Å². The SMILES string of the molecule is O=C(N[C@H]1CC[C@@H](C(=O)O)C1)c1ccc(N2CCNC2=O)cc1. The third-order valence-corrected chi connectivity index (χ3v) is 4.42. The quantitative estimate of drug-likeness (QED) is 0.777. The molecule has 1 aliphatic heterocycles. The molecule has 1 saturated heterocycles. The zero-order valence-corrected chi connectivity index (χ0v) is 12.6. The number of nitrogens with one attached hydrogen (secondary N) is 2. The van der Waals surface area contributed by atoms with E-state index in [0.29, 0.717) is 37.9 Å². The minimum atomic E-state index is -0.796. The molecule has 0 spiro atoms. The van der Waals surface area contributed by atoms with Gasteiger partial charge in [-0.3, -0.25) is 14.5 Å². The summed E-state index contributed by atoms with van der Waals surface area (Å²) in [7, 11) is 0. The first-order valence-electron chi connectivity index (χ1n) is 7.73. The summed E-state index contributed by atoms with van der Waals surface area (Å²) < 4.78 is 0. The van der Waals surface area contributed by atoms with Crippen LogP contribution in [-0.4, -0.2) is 42.1 Å². The Hall–Kier alpha value is -2.57. The molecular weight excluding hydrogens is 298 g/mol. The number of hydrogen-bond acceptors (Lipinski definition) is 3. The lowest BCUT2D eigenvalue weighted by Gasteiger charge is -2.15. The molecule has 1 aliphatic carbocycles. The maximum Gasteiger partial charge on any atom is 0.321 e. The lowest BCUT2D eigenvalue weighted by molar-refractivity contribution is -0.141. The van der Waals surface area contributed by atoms with Gasteiger partial charge in [0.1, 0.15) is 0 Å². The van der Waals surface area contributed by atoms with Gasteiger partial charge in [-0.1, -0.05) is 0 Å². The van der Waals surface area contributed by atoms with Crippen LogP contribution in [0.1, 0.15) is 29.6 Å². The van der Waals surface area contributed by atoms with Gasteiger partial charge < -0.3 is 15.7 Å². The van der Waals surface area contributed by atoms with E-state index in [9.17, 15) is 14.4 Å². The van der Waals surface area contributed by atoms with Gasteiger partial charge in [0.15, 0.2) is 0 Å². The number of urea groups is 1. The summed E-state index contributed by atoms with van der Waals surface area (Å²) in [4.78, 5) is 36.4. The number of carboxylic acids is 1. The van der Waals surface area contributed by atoms with Crippen molar-refractivity contribution in [2.75, 3.05) is 18.0 Å². The number of rotatable bonds is 4. The maximum atomic E-state index is 12.2. The highest BCUT2D eigenvalue weighted by molar-refractivity contribution is 5.97. The van der Waals surface area contributed by atoms with E-state index < -0.39 is 5.97 Å². The minimum Gasteiger partial charge on any atom is -0.481 e. The second-order valence-electron chi connectivity index (χ2n) is 5.95. The van der Waals surface area contributed by atoms with E-state index in [1.165, 1.54) is 0 Å². The average molecular weight is 317 g/mol. The Morgan fingerprint density at radius 2 is 1.96 bits per heavy atom.